The Labute approximate surface area is 122 Å². The molecule has 0 bridgehead atoms. The van der Waals surface area contributed by atoms with E-state index in [-0.39, 0.29) is 0 Å². The van der Waals surface area contributed by atoms with E-state index < -0.39 is 0 Å². The molecule has 0 aromatic heterocycles. The van der Waals surface area contributed by atoms with Crippen molar-refractivity contribution in [3.8, 4) is 5.75 Å². The van der Waals surface area contributed by atoms with Crippen molar-refractivity contribution in [1.82, 2.24) is 5.32 Å². The number of nitrogens with one attached hydrogen (secondary N) is 1. The zero-order chi connectivity index (χ0) is 14.4. The highest BCUT2D eigenvalue weighted by Gasteiger charge is 2.22. The van der Waals surface area contributed by atoms with Crippen molar-refractivity contribution in [2.45, 2.75) is 40.2 Å². The molecule has 2 atom stereocenters. The molecule has 3 heteroatoms. The minimum absolute atomic E-state index is 0.336. The Kier molecular flexibility index (Phi) is 6.67. The van der Waals surface area contributed by atoms with Crippen molar-refractivity contribution in [2.75, 3.05) is 13.7 Å². The van der Waals surface area contributed by atoms with Crippen molar-refractivity contribution < 1.29 is 4.74 Å². The largest absolute Gasteiger partial charge is 0.495 e. The molecule has 1 rings (SSSR count). The van der Waals surface area contributed by atoms with Gasteiger partial charge in [-0.25, -0.2) is 0 Å². The molecule has 1 N–H and O–H groups in total. The fourth-order valence-electron chi connectivity index (χ4n) is 2.17. The summed E-state index contributed by atoms with van der Waals surface area (Å²) in [6.07, 6.45) is 1.13. The smallest absolute Gasteiger partial charge is 0.137 e. The standard InChI is InChI=1S/C16H26ClNO/c1-6-9-18-16(12(4)11(2)3)13-7-8-15(19-5)14(17)10-13/h7-8,10-12,16,18H,6,9H2,1-5H3. The van der Waals surface area contributed by atoms with Crippen LogP contribution in [0.15, 0.2) is 18.2 Å². The summed E-state index contributed by atoms with van der Waals surface area (Å²) in [5.74, 6) is 1.91. The first-order chi connectivity index (χ1) is 9.01. The van der Waals surface area contributed by atoms with Crippen LogP contribution in [0.2, 0.25) is 5.02 Å². The maximum atomic E-state index is 6.24. The molecule has 0 aliphatic rings. The van der Waals surface area contributed by atoms with Crippen LogP contribution in [-0.2, 0) is 0 Å². The van der Waals surface area contributed by atoms with E-state index in [1.807, 2.05) is 12.1 Å². The Morgan fingerprint density at radius 3 is 2.42 bits per heavy atom. The van der Waals surface area contributed by atoms with Crippen molar-refractivity contribution in [3.63, 3.8) is 0 Å². The van der Waals surface area contributed by atoms with Gasteiger partial charge >= 0.3 is 0 Å². The van der Waals surface area contributed by atoms with Gasteiger partial charge in [0.2, 0.25) is 0 Å². The molecule has 108 valence electrons. The van der Waals surface area contributed by atoms with Gasteiger partial charge in [0.05, 0.1) is 12.1 Å². The fraction of sp³-hybridized carbons (Fsp3) is 0.625. The Bertz CT molecular complexity index is 392. The van der Waals surface area contributed by atoms with Crippen LogP contribution in [0.5, 0.6) is 5.75 Å². The lowest BCUT2D eigenvalue weighted by molar-refractivity contribution is 0.303. The summed E-state index contributed by atoms with van der Waals surface area (Å²) in [5.41, 5.74) is 1.24. The van der Waals surface area contributed by atoms with Gasteiger partial charge in [-0.3, -0.25) is 0 Å². The molecular formula is C16H26ClNO. The van der Waals surface area contributed by atoms with Gasteiger partial charge in [0.25, 0.3) is 0 Å². The van der Waals surface area contributed by atoms with Crippen LogP contribution in [0.1, 0.15) is 45.7 Å². The second kappa shape index (κ2) is 7.76. The third-order valence-corrected chi connectivity index (χ3v) is 4.02. The molecule has 1 aromatic rings. The van der Waals surface area contributed by atoms with Gasteiger partial charge in [-0.15, -0.1) is 0 Å². The summed E-state index contributed by atoms with van der Waals surface area (Å²) >= 11 is 6.24. The number of methoxy groups -OCH3 is 1. The predicted octanol–water partition coefficient (Wildman–Crippen LogP) is 4.68. The van der Waals surface area contributed by atoms with Crippen molar-refractivity contribution >= 4 is 11.6 Å². The second-order valence-electron chi connectivity index (χ2n) is 5.43. The van der Waals surface area contributed by atoms with E-state index in [0.29, 0.717) is 22.9 Å². The highest BCUT2D eigenvalue weighted by molar-refractivity contribution is 6.32. The van der Waals surface area contributed by atoms with Gasteiger partial charge in [0.15, 0.2) is 0 Å². The summed E-state index contributed by atoms with van der Waals surface area (Å²) in [7, 11) is 1.64. The van der Waals surface area contributed by atoms with Gasteiger partial charge in [0, 0.05) is 6.04 Å². The fourth-order valence-corrected chi connectivity index (χ4v) is 2.43. The van der Waals surface area contributed by atoms with Crippen LogP contribution in [0.3, 0.4) is 0 Å². The van der Waals surface area contributed by atoms with Crippen molar-refractivity contribution in [1.29, 1.82) is 0 Å². The SMILES string of the molecule is CCCNC(c1ccc(OC)c(Cl)c1)C(C)C(C)C. The van der Waals surface area contributed by atoms with Crippen LogP contribution in [0, 0.1) is 11.8 Å². The van der Waals surface area contributed by atoms with E-state index in [1.54, 1.807) is 7.11 Å². The van der Waals surface area contributed by atoms with Gasteiger partial charge in [0.1, 0.15) is 5.75 Å². The average Bonchev–Trinajstić information content (AvgIpc) is 2.39. The number of ether oxygens (including phenoxy) is 1. The van der Waals surface area contributed by atoms with E-state index in [4.69, 9.17) is 16.3 Å². The molecule has 0 fully saturated rings. The van der Waals surface area contributed by atoms with E-state index in [2.05, 4.69) is 39.1 Å². The molecule has 0 saturated carbocycles. The molecule has 0 amide bonds. The van der Waals surface area contributed by atoms with Crippen LogP contribution in [-0.4, -0.2) is 13.7 Å². The topological polar surface area (TPSA) is 21.3 Å². The minimum atomic E-state index is 0.336. The lowest BCUT2D eigenvalue weighted by Gasteiger charge is -2.29. The first kappa shape index (κ1) is 16.3. The van der Waals surface area contributed by atoms with Crippen molar-refractivity contribution in [2.24, 2.45) is 11.8 Å². The maximum Gasteiger partial charge on any atom is 0.137 e. The third kappa shape index (κ3) is 4.39. The summed E-state index contributed by atoms with van der Waals surface area (Å²) in [6.45, 7) is 10.0. The Morgan fingerprint density at radius 2 is 1.95 bits per heavy atom. The number of halogens is 1. The summed E-state index contributed by atoms with van der Waals surface area (Å²) in [4.78, 5) is 0. The molecule has 2 nitrogen and oxygen atoms in total. The van der Waals surface area contributed by atoms with Gasteiger partial charge in [-0.1, -0.05) is 45.4 Å². The minimum Gasteiger partial charge on any atom is -0.495 e. The van der Waals surface area contributed by atoms with E-state index >= 15 is 0 Å². The lowest BCUT2D eigenvalue weighted by atomic mass is 9.86. The van der Waals surface area contributed by atoms with Crippen LogP contribution >= 0.6 is 11.6 Å². The molecule has 0 spiro atoms. The highest BCUT2D eigenvalue weighted by atomic mass is 35.5. The predicted molar refractivity (Wildman–Crippen MR) is 83.0 cm³/mol. The quantitative estimate of drug-likeness (QED) is 0.784. The Morgan fingerprint density at radius 1 is 1.26 bits per heavy atom. The number of rotatable bonds is 7. The van der Waals surface area contributed by atoms with Crippen LogP contribution in [0.25, 0.3) is 0 Å². The highest BCUT2D eigenvalue weighted by Crippen LogP contribution is 2.32. The first-order valence-electron chi connectivity index (χ1n) is 7.08. The number of benzene rings is 1. The van der Waals surface area contributed by atoms with Gasteiger partial charge in [-0.2, -0.15) is 0 Å². The molecule has 0 aliphatic carbocycles. The molecule has 2 unspecified atom stereocenters. The monoisotopic (exact) mass is 283 g/mol. The zero-order valence-electron chi connectivity index (χ0n) is 12.7. The summed E-state index contributed by atoms with van der Waals surface area (Å²) < 4.78 is 5.22. The molecule has 0 aliphatic heterocycles. The maximum absolute atomic E-state index is 6.24. The molecular weight excluding hydrogens is 258 g/mol. The summed E-state index contributed by atoms with van der Waals surface area (Å²) in [6, 6.07) is 6.41. The Hall–Kier alpha value is -0.730. The first-order valence-corrected chi connectivity index (χ1v) is 7.45. The van der Waals surface area contributed by atoms with E-state index in [1.165, 1.54) is 5.56 Å². The van der Waals surface area contributed by atoms with Crippen molar-refractivity contribution in [3.05, 3.63) is 28.8 Å². The van der Waals surface area contributed by atoms with Crippen LogP contribution in [0.4, 0.5) is 0 Å². The van der Waals surface area contributed by atoms with E-state index in [9.17, 15) is 0 Å². The molecule has 0 saturated heterocycles. The normalized spacial score (nSPS) is 14.5. The molecule has 0 radical (unpaired) electrons. The molecule has 1 aromatic carbocycles. The van der Waals surface area contributed by atoms with Gasteiger partial charge < -0.3 is 10.1 Å². The zero-order valence-corrected chi connectivity index (χ0v) is 13.4. The van der Waals surface area contributed by atoms with Gasteiger partial charge in [-0.05, 0) is 42.5 Å². The Balaban J connectivity index is 2.99. The lowest BCUT2D eigenvalue weighted by Crippen LogP contribution is -2.30. The second-order valence-corrected chi connectivity index (χ2v) is 5.84. The molecule has 19 heavy (non-hydrogen) atoms. The summed E-state index contributed by atoms with van der Waals surface area (Å²) in [5, 5.41) is 4.31. The number of hydrogen-bond acceptors (Lipinski definition) is 2. The average molecular weight is 284 g/mol. The van der Waals surface area contributed by atoms with Crippen LogP contribution < -0.4 is 10.1 Å². The third-order valence-electron chi connectivity index (χ3n) is 3.73. The molecule has 0 heterocycles. The number of hydrogen-bond donors (Lipinski definition) is 1. The van der Waals surface area contributed by atoms with E-state index in [0.717, 1.165) is 18.7 Å².